The lowest BCUT2D eigenvalue weighted by atomic mass is 9.98. The van der Waals surface area contributed by atoms with Crippen molar-refractivity contribution < 1.29 is 28.2 Å². The molecular formula is C28H33FN2O5. The fourth-order valence-electron chi connectivity index (χ4n) is 4.34. The summed E-state index contributed by atoms with van der Waals surface area (Å²) in [6.45, 7) is 7.15. The first-order chi connectivity index (χ1) is 17.1. The van der Waals surface area contributed by atoms with Gasteiger partial charge in [0.1, 0.15) is 29.5 Å². The molecule has 2 aromatic rings. The first-order valence-corrected chi connectivity index (χ1v) is 12.2. The minimum absolute atomic E-state index is 0.119. The number of anilines is 1. The smallest absolute Gasteiger partial charge is 0.410 e. The van der Waals surface area contributed by atoms with Gasteiger partial charge in [-0.1, -0.05) is 18.2 Å². The number of fused-ring (bicyclic) bond motifs is 1. The molecular weight excluding hydrogens is 463 g/mol. The monoisotopic (exact) mass is 496 g/mol. The molecule has 0 spiro atoms. The van der Waals surface area contributed by atoms with E-state index in [4.69, 9.17) is 14.2 Å². The lowest BCUT2D eigenvalue weighted by Crippen LogP contribution is -2.39. The number of methoxy groups -OCH3 is 1. The highest BCUT2D eigenvalue weighted by atomic mass is 19.1. The van der Waals surface area contributed by atoms with Gasteiger partial charge in [0.15, 0.2) is 0 Å². The fraction of sp³-hybridized carbons (Fsp3) is 0.429. The molecule has 0 atom stereocenters. The number of ether oxygens (including phenoxy) is 3. The van der Waals surface area contributed by atoms with Gasteiger partial charge in [0.25, 0.3) is 0 Å². The molecule has 0 unspecified atom stereocenters. The molecule has 2 heterocycles. The maximum absolute atomic E-state index is 15.0. The summed E-state index contributed by atoms with van der Waals surface area (Å²) in [4.78, 5) is 28.2. The summed E-state index contributed by atoms with van der Waals surface area (Å²) in [5, 5.41) is 0. The van der Waals surface area contributed by atoms with E-state index < -0.39 is 11.4 Å². The summed E-state index contributed by atoms with van der Waals surface area (Å²) in [5.41, 5.74) is 2.40. The third-order valence-corrected chi connectivity index (χ3v) is 6.22. The molecule has 8 heteroatoms. The van der Waals surface area contributed by atoms with Crippen molar-refractivity contribution in [2.75, 3.05) is 31.7 Å². The highest BCUT2D eigenvalue weighted by Gasteiger charge is 2.30. The van der Waals surface area contributed by atoms with E-state index in [0.717, 1.165) is 16.9 Å². The normalized spacial score (nSPS) is 15.8. The molecule has 0 N–H and O–H groups in total. The van der Waals surface area contributed by atoms with E-state index >= 15 is 0 Å². The van der Waals surface area contributed by atoms with Crippen LogP contribution in [0.4, 0.5) is 14.9 Å². The average Bonchev–Trinajstić information content (AvgIpc) is 2.85. The summed E-state index contributed by atoms with van der Waals surface area (Å²) in [5.74, 6) is 0.738. The van der Waals surface area contributed by atoms with Crippen molar-refractivity contribution in [2.45, 2.75) is 52.2 Å². The number of carbonyl (C=O) groups is 2. The van der Waals surface area contributed by atoms with Crippen LogP contribution in [0.25, 0.3) is 0 Å². The van der Waals surface area contributed by atoms with Gasteiger partial charge in [0.2, 0.25) is 5.91 Å². The van der Waals surface area contributed by atoms with Gasteiger partial charge in [-0.2, -0.15) is 0 Å². The second kappa shape index (κ2) is 10.6. The number of hydrogen-bond acceptors (Lipinski definition) is 5. The minimum Gasteiger partial charge on any atom is -0.497 e. The fourth-order valence-corrected chi connectivity index (χ4v) is 4.34. The zero-order chi connectivity index (χ0) is 25.9. The molecule has 0 saturated carbocycles. The van der Waals surface area contributed by atoms with Crippen LogP contribution in [0.1, 0.15) is 44.7 Å². The molecule has 2 aromatic carbocycles. The number of rotatable bonds is 6. The lowest BCUT2D eigenvalue weighted by Gasteiger charge is -2.31. The second-order valence-electron chi connectivity index (χ2n) is 10.0. The van der Waals surface area contributed by atoms with Crippen LogP contribution in [0.3, 0.4) is 0 Å². The molecule has 0 bridgehead atoms. The molecule has 36 heavy (non-hydrogen) atoms. The SMILES string of the molecule is COc1ccc(CN2C(=O)CCc3c(OCC4=CCN(C(=O)OC(C)(C)C)CC4)ccc(F)c32)cc1. The Bertz CT molecular complexity index is 1150. The number of benzene rings is 2. The zero-order valence-corrected chi connectivity index (χ0v) is 21.3. The maximum atomic E-state index is 15.0. The Morgan fingerprint density at radius 1 is 1.06 bits per heavy atom. The number of hydrogen-bond donors (Lipinski definition) is 0. The van der Waals surface area contributed by atoms with Crippen LogP contribution in [-0.2, 0) is 22.5 Å². The van der Waals surface area contributed by atoms with Gasteiger partial charge in [-0.15, -0.1) is 0 Å². The molecule has 2 aliphatic rings. The van der Waals surface area contributed by atoms with Gasteiger partial charge in [-0.3, -0.25) is 4.79 Å². The first-order valence-electron chi connectivity index (χ1n) is 12.2. The van der Waals surface area contributed by atoms with Crippen LogP contribution in [0.5, 0.6) is 11.5 Å². The van der Waals surface area contributed by atoms with E-state index in [1.807, 2.05) is 51.1 Å². The summed E-state index contributed by atoms with van der Waals surface area (Å²) in [7, 11) is 1.59. The van der Waals surface area contributed by atoms with Crippen LogP contribution in [0, 0.1) is 5.82 Å². The largest absolute Gasteiger partial charge is 0.497 e. The van der Waals surface area contributed by atoms with Crippen molar-refractivity contribution in [2.24, 2.45) is 0 Å². The number of halogens is 1. The van der Waals surface area contributed by atoms with Gasteiger partial charge in [-0.25, -0.2) is 9.18 Å². The Morgan fingerprint density at radius 3 is 2.44 bits per heavy atom. The molecule has 0 radical (unpaired) electrons. The highest BCUT2D eigenvalue weighted by molar-refractivity contribution is 5.97. The van der Waals surface area contributed by atoms with E-state index in [9.17, 15) is 14.0 Å². The third-order valence-electron chi connectivity index (χ3n) is 6.22. The predicted octanol–water partition coefficient (Wildman–Crippen LogP) is 5.26. The van der Waals surface area contributed by atoms with Gasteiger partial charge in [0, 0.05) is 25.1 Å². The molecule has 4 rings (SSSR count). The number of nitrogens with zero attached hydrogens (tertiary/aromatic N) is 2. The molecule has 0 saturated heterocycles. The Kier molecular flexibility index (Phi) is 7.52. The van der Waals surface area contributed by atoms with E-state index in [0.29, 0.717) is 43.9 Å². The number of carbonyl (C=O) groups excluding carboxylic acids is 2. The molecule has 7 nitrogen and oxygen atoms in total. The number of amides is 2. The summed E-state index contributed by atoms with van der Waals surface area (Å²) < 4.78 is 31.8. The Balaban J connectivity index is 1.45. The molecule has 2 aliphatic heterocycles. The van der Waals surface area contributed by atoms with Crippen LogP contribution < -0.4 is 14.4 Å². The van der Waals surface area contributed by atoms with Crippen molar-refractivity contribution in [3.8, 4) is 11.5 Å². The van der Waals surface area contributed by atoms with Gasteiger partial charge in [0.05, 0.1) is 19.3 Å². The van der Waals surface area contributed by atoms with Crippen molar-refractivity contribution in [3.63, 3.8) is 0 Å². The molecule has 0 aliphatic carbocycles. The predicted molar refractivity (Wildman–Crippen MR) is 135 cm³/mol. The van der Waals surface area contributed by atoms with Crippen LogP contribution in [0.2, 0.25) is 0 Å². The summed E-state index contributed by atoms with van der Waals surface area (Å²) in [6.07, 6.45) is 3.03. The van der Waals surface area contributed by atoms with Gasteiger partial charge < -0.3 is 24.0 Å². The minimum atomic E-state index is -0.533. The average molecular weight is 497 g/mol. The van der Waals surface area contributed by atoms with Crippen molar-refractivity contribution in [1.29, 1.82) is 0 Å². The Hall–Kier alpha value is -3.55. The summed E-state index contributed by atoms with van der Waals surface area (Å²) in [6, 6.07) is 10.4. The van der Waals surface area contributed by atoms with Crippen LogP contribution >= 0.6 is 0 Å². The van der Waals surface area contributed by atoms with Crippen molar-refractivity contribution >= 4 is 17.7 Å². The molecule has 2 amide bonds. The van der Waals surface area contributed by atoms with E-state index in [-0.39, 0.29) is 30.7 Å². The van der Waals surface area contributed by atoms with Gasteiger partial charge >= 0.3 is 6.09 Å². The molecule has 0 fully saturated rings. The Morgan fingerprint density at radius 2 is 1.81 bits per heavy atom. The topological polar surface area (TPSA) is 68.3 Å². The lowest BCUT2D eigenvalue weighted by molar-refractivity contribution is -0.119. The molecule has 0 aromatic heterocycles. The van der Waals surface area contributed by atoms with Crippen LogP contribution in [-0.4, -0.2) is 49.3 Å². The highest BCUT2D eigenvalue weighted by Crippen LogP contribution is 2.38. The van der Waals surface area contributed by atoms with E-state index in [1.165, 1.54) is 11.0 Å². The Labute approximate surface area is 211 Å². The standard InChI is InChI=1S/C28H33FN2O5/c1-28(2,3)36-27(33)30-15-13-20(14-16-30)18-35-24-11-10-23(29)26-22(24)9-12-25(32)31(26)17-19-5-7-21(34-4)8-6-19/h5-8,10-11,13H,9,12,14-18H2,1-4H3. The first kappa shape index (κ1) is 25.5. The molecule has 192 valence electrons. The van der Waals surface area contributed by atoms with Crippen molar-refractivity contribution in [3.05, 3.63) is 65.0 Å². The quantitative estimate of drug-likeness (QED) is 0.511. The zero-order valence-electron chi connectivity index (χ0n) is 21.3. The van der Waals surface area contributed by atoms with Crippen molar-refractivity contribution in [1.82, 2.24) is 4.90 Å². The van der Waals surface area contributed by atoms with E-state index in [2.05, 4.69) is 0 Å². The second-order valence-corrected chi connectivity index (χ2v) is 10.0. The van der Waals surface area contributed by atoms with Crippen LogP contribution in [0.15, 0.2) is 48.0 Å². The maximum Gasteiger partial charge on any atom is 0.410 e. The van der Waals surface area contributed by atoms with E-state index in [1.54, 1.807) is 18.1 Å². The summed E-state index contributed by atoms with van der Waals surface area (Å²) >= 11 is 0. The third kappa shape index (κ3) is 5.98. The van der Waals surface area contributed by atoms with Gasteiger partial charge in [-0.05, 0) is 69.0 Å².